The second-order valence-corrected chi connectivity index (χ2v) is 5.30. The van der Waals surface area contributed by atoms with Gasteiger partial charge in [0.05, 0.1) is 5.92 Å². The Kier molecular flexibility index (Phi) is 5.72. The van der Waals surface area contributed by atoms with Crippen molar-refractivity contribution in [3.63, 3.8) is 0 Å². The summed E-state index contributed by atoms with van der Waals surface area (Å²) >= 11 is 0. The van der Waals surface area contributed by atoms with Gasteiger partial charge in [-0.15, -0.1) is 0 Å². The van der Waals surface area contributed by atoms with Gasteiger partial charge in [-0.05, 0) is 30.5 Å². The molecular weight excluding hydrogens is 310 g/mol. The number of alkyl halides is 2. The topological polar surface area (TPSA) is 78.9 Å². The maximum absolute atomic E-state index is 12.1. The minimum atomic E-state index is -2.87. The standard InChI is InChI=1S/C15H18F2N2O4/c16-14(17)23-12-5-3-10(4-6-12)8-18-15(22)19-7-1-2-11(9-19)13(20)21/h3-6,11,14H,1-2,7-9H2,(H,18,22)(H,20,21). The molecule has 0 saturated carbocycles. The Morgan fingerprint density at radius 2 is 2.04 bits per heavy atom. The van der Waals surface area contributed by atoms with Crippen LogP contribution in [0, 0.1) is 5.92 Å². The van der Waals surface area contributed by atoms with Crippen LogP contribution in [0.3, 0.4) is 0 Å². The molecule has 1 unspecified atom stereocenters. The predicted octanol–water partition coefficient (Wildman–Crippen LogP) is 2.29. The van der Waals surface area contributed by atoms with E-state index in [9.17, 15) is 18.4 Å². The molecule has 1 aliphatic heterocycles. The molecule has 1 aliphatic rings. The number of aliphatic carboxylic acids is 1. The molecule has 1 aromatic rings. The van der Waals surface area contributed by atoms with Crippen LogP contribution in [-0.4, -0.2) is 41.7 Å². The number of benzene rings is 1. The molecule has 0 radical (unpaired) electrons. The molecule has 0 spiro atoms. The van der Waals surface area contributed by atoms with Gasteiger partial charge in [-0.3, -0.25) is 4.79 Å². The number of nitrogens with zero attached hydrogens (tertiary/aromatic N) is 1. The van der Waals surface area contributed by atoms with Gasteiger partial charge in [-0.25, -0.2) is 4.79 Å². The molecule has 2 N–H and O–H groups in total. The lowest BCUT2D eigenvalue weighted by Gasteiger charge is -2.30. The summed E-state index contributed by atoms with van der Waals surface area (Å²) in [5.41, 5.74) is 0.728. The molecule has 1 heterocycles. The third kappa shape index (κ3) is 5.08. The molecule has 6 nitrogen and oxygen atoms in total. The molecule has 1 aromatic carbocycles. The number of hydrogen-bond donors (Lipinski definition) is 2. The number of nitrogens with one attached hydrogen (secondary N) is 1. The highest BCUT2D eigenvalue weighted by molar-refractivity contribution is 5.76. The highest BCUT2D eigenvalue weighted by atomic mass is 19.3. The van der Waals surface area contributed by atoms with Crippen LogP contribution in [-0.2, 0) is 11.3 Å². The number of piperidine rings is 1. The first kappa shape index (κ1) is 17.0. The van der Waals surface area contributed by atoms with Gasteiger partial charge in [0.15, 0.2) is 0 Å². The molecule has 23 heavy (non-hydrogen) atoms. The van der Waals surface area contributed by atoms with Crippen LogP contribution in [0.15, 0.2) is 24.3 Å². The van der Waals surface area contributed by atoms with Crippen molar-refractivity contribution >= 4 is 12.0 Å². The molecule has 0 aliphatic carbocycles. The van der Waals surface area contributed by atoms with Crippen molar-refractivity contribution in [2.45, 2.75) is 26.0 Å². The largest absolute Gasteiger partial charge is 0.481 e. The van der Waals surface area contributed by atoms with Gasteiger partial charge in [0.2, 0.25) is 0 Å². The summed E-state index contributed by atoms with van der Waals surface area (Å²) in [6, 6.07) is 5.62. The number of rotatable bonds is 5. The number of carboxylic acid groups (broad SMARTS) is 1. The Labute approximate surface area is 132 Å². The zero-order valence-electron chi connectivity index (χ0n) is 12.4. The Morgan fingerprint density at radius 1 is 1.35 bits per heavy atom. The molecule has 126 valence electrons. The van der Waals surface area contributed by atoms with E-state index in [0.717, 1.165) is 5.56 Å². The second kappa shape index (κ2) is 7.75. The molecule has 2 rings (SSSR count). The molecule has 1 fully saturated rings. The monoisotopic (exact) mass is 328 g/mol. The fourth-order valence-corrected chi connectivity index (χ4v) is 2.44. The molecule has 1 atom stereocenters. The molecule has 0 bridgehead atoms. The SMILES string of the molecule is O=C(O)C1CCCN(C(=O)NCc2ccc(OC(F)F)cc2)C1. The van der Waals surface area contributed by atoms with Crippen molar-refractivity contribution in [1.82, 2.24) is 10.2 Å². The van der Waals surface area contributed by atoms with Crippen molar-refractivity contribution in [2.75, 3.05) is 13.1 Å². The van der Waals surface area contributed by atoms with Crippen LogP contribution in [0.2, 0.25) is 0 Å². The maximum atomic E-state index is 12.1. The lowest BCUT2D eigenvalue weighted by molar-refractivity contribution is -0.143. The summed E-state index contributed by atoms with van der Waals surface area (Å²) in [5, 5.41) is 11.7. The number of carbonyl (C=O) groups is 2. The van der Waals surface area contributed by atoms with E-state index in [-0.39, 0.29) is 24.9 Å². The van der Waals surface area contributed by atoms with Crippen molar-refractivity contribution < 1.29 is 28.2 Å². The third-order valence-electron chi connectivity index (χ3n) is 3.65. The van der Waals surface area contributed by atoms with E-state index in [1.54, 1.807) is 12.1 Å². The van der Waals surface area contributed by atoms with E-state index in [0.29, 0.717) is 19.4 Å². The molecule has 0 aromatic heterocycles. The molecular formula is C15H18F2N2O4. The fraction of sp³-hybridized carbons (Fsp3) is 0.467. The Balaban J connectivity index is 1.83. The van der Waals surface area contributed by atoms with Crippen molar-refractivity contribution in [3.8, 4) is 5.75 Å². The van der Waals surface area contributed by atoms with Crippen LogP contribution in [0.25, 0.3) is 0 Å². The van der Waals surface area contributed by atoms with E-state index >= 15 is 0 Å². The first-order valence-electron chi connectivity index (χ1n) is 7.25. The van der Waals surface area contributed by atoms with E-state index in [1.165, 1.54) is 17.0 Å². The molecule has 8 heteroatoms. The summed E-state index contributed by atoms with van der Waals surface area (Å²) < 4.78 is 28.3. The van der Waals surface area contributed by atoms with Crippen molar-refractivity contribution in [1.29, 1.82) is 0 Å². The lowest BCUT2D eigenvalue weighted by Crippen LogP contribution is -2.46. The van der Waals surface area contributed by atoms with Gasteiger partial charge < -0.3 is 20.1 Å². The number of likely N-dealkylation sites (tertiary alicyclic amines) is 1. The van der Waals surface area contributed by atoms with Gasteiger partial charge in [0.1, 0.15) is 5.75 Å². The summed E-state index contributed by atoms with van der Waals surface area (Å²) in [7, 11) is 0. The first-order valence-corrected chi connectivity index (χ1v) is 7.25. The number of halogens is 2. The summed E-state index contributed by atoms with van der Waals surface area (Å²) in [6.45, 7) is -1.93. The fourth-order valence-electron chi connectivity index (χ4n) is 2.44. The average molecular weight is 328 g/mol. The van der Waals surface area contributed by atoms with Crippen molar-refractivity contribution in [2.24, 2.45) is 5.92 Å². The van der Waals surface area contributed by atoms with Crippen LogP contribution >= 0.6 is 0 Å². The third-order valence-corrected chi connectivity index (χ3v) is 3.65. The minimum absolute atomic E-state index is 0.0513. The maximum Gasteiger partial charge on any atom is 0.387 e. The number of carboxylic acids is 1. The summed E-state index contributed by atoms with van der Waals surface area (Å²) in [4.78, 5) is 24.5. The van der Waals surface area contributed by atoms with Crippen LogP contribution < -0.4 is 10.1 Å². The number of amides is 2. The highest BCUT2D eigenvalue weighted by Crippen LogP contribution is 2.17. The first-order chi connectivity index (χ1) is 11.0. The second-order valence-electron chi connectivity index (χ2n) is 5.30. The number of hydrogen-bond acceptors (Lipinski definition) is 3. The van der Waals surface area contributed by atoms with E-state index < -0.39 is 18.5 Å². The van der Waals surface area contributed by atoms with Crippen LogP contribution in [0.4, 0.5) is 13.6 Å². The average Bonchev–Trinajstić information content (AvgIpc) is 2.53. The van der Waals surface area contributed by atoms with Crippen LogP contribution in [0.5, 0.6) is 5.75 Å². The zero-order chi connectivity index (χ0) is 16.8. The minimum Gasteiger partial charge on any atom is -0.481 e. The van der Waals surface area contributed by atoms with Gasteiger partial charge >= 0.3 is 18.6 Å². The smallest absolute Gasteiger partial charge is 0.387 e. The van der Waals surface area contributed by atoms with Gasteiger partial charge in [0.25, 0.3) is 0 Å². The summed E-state index contributed by atoms with van der Waals surface area (Å²) in [5.74, 6) is -1.37. The van der Waals surface area contributed by atoms with E-state index in [2.05, 4.69) is 10.1 Å². The zero-order valence-corrected chi connectivity index (χ0v) is 12.4. The molecule has 1 saturated heterocycles. The Morgan fingerprint density at radius 3 is 2.65 bits per heavy atom. The van der Waals surface area contributed by atoms with E-state index in [4.69, 9.17) is 5.11 Å². The highest BCUT2D eigenvalue weighted by Gasteiger charge is 2.27. The van der Waals surface area contributed by atoms with E-state index in [1.807, 2.05) is 0 Å². The van der Waals surface area contributed by atoms with Gasteiger partial charge in [-0.2, -0.15) is 8.78 Å². The van der Waals surface area contributed by atoms with Crippen molar-refractivity contribution in [3.05, 3.63) is 29.8 Å². The van der Waals surface area contributed by atoms with Crippen LogP contribution in [0.1, 0.15) is 18.4 Å². The predicted molar refractivity (Wildman–Crippen MR) is 77.2 cm³/mol. The summed E-state index contributed by atoms with van der Waals surface area (Å²) in [6.07, 6.45) is 1.23. The number of ether oxygens (including phenoxy) is 1. The van der Waals surface area contributed by atoms with Gasteiger partial charge in [-0.1, -0.05) is 12.1 Å². The molecule has 2 amide bonds. The quantitative estimate of drug-likeness (QED) is 0.869. The Bertz CT molecular complexity index is 551. The Hall–Kier alpha value is -2.38. The van der Waals surface area contributed by atoms with Gasteiger partial charge in [0, 0.05) is 19.6 Å². The number of urea groups is 1. The number of carbonyl (C=O) groups excluding carboxylic acids is 1. The normalized spacial score (nSPS) is 17.9. The lowest BCUT2D eigenvalue weighted by atomic mass is 9.99.